The van der Waals surface area contributed by atoms with Gasteiger partial charge < -0.3 is 14.5 Å². The quantitative estimate of drug-likeness (QED) is 0.630. The molecule has 0 bridgehead atoms. The molecule has 0 spiro atoms. The maximum absolute atomic E-state index is 13.3. The molecule has 1 saturated carbocycles. The number of carbonyl (C=O) groups is 2. The molecule has 3 aliphatic heterocycles. The molecule has 2 amide bonds. The van der Waals surface area contributed by atoms with Gasteiger partial charge in [-0.1, -0.05) is 12.8 Å². The summed E-state index contributed by atoms with van der Waals surface area (Å²) in [6, 6.07) is 14.3. The van der Waals surface area contributed by atoms with Gasteiger partial charge in [0, 0.05) is 55.9 Å². The molecule has 4 aliphatic rings. The van der Waals surface area contributed by atoms with E-state index >= 15 is 0 Å². The van der Waals surface area contributed by atoms with E-state index in [2.05, 4.69) is 9.80 Å². The minimum Gasteiger partial charge on any atom is -0.457 e. The second kappa shape index (κ2) is 9.65. The number of ether oxygens (including phenoxy) is 1. The molecule has 1 aliphatic carbocycles. The van der Waals surface area contributed by atoms with Gasteiger partial charge in [-0.2, -0.15) is 0 Å². The third-order valence-electron chi connectivity index (χ3n) is 8.40. The van der Waals surface area contributed by atoms with Gasteiger partial charge in [-0.05, 0) is 86.6 Å². The number of carbonyl (C=O) groups excluding carboxylic acids is 2. The predicted molar refractivity (Wildman–Crippen MR) is 135 cm³/mol. The Morgan fingerprint density at radius 2 is 1.54 bits per heavy atom. The van der Waals surface area contributed by atoms with Crippen molar-refractivity contribution >= 4 is 11.8 Å². The summed E-state index contributed by atoms with van der Waals surface area (Å²) in [7, 11) is 0. The standard InChI is InChI=1S/C29H35N3O3/c33-28(30-15-3-4-16-30)21-7-9-25(10-8-21)35-26-11-12-27-22(19-26)13-18-32(29(27)34)24-14-17-31(20-24)23-5-1-2-6-23/h7-12,19,23-24H,1-6,13-18,20H2/t24-/m0/s1. The van der Waals surface area contributed by atoms with E-state index in [9.17, 15) is 9.59 Å². The van der Waals surface area contributed by atoms with Crippen molar-refractivity contribution in [3.05, 3.63) is 59.2 Å². The van der Waals surface area contributed by atoms with Crippen LogP contribution in [-0.2, 0) is 6.42 Å². The molecule has 1 atom stereocenters. The molecule has 6 nitrogen and oxygen atoms in total. The maximum Gasteiger partial charge on any atom is 0.254 e. The van der Waals surface area contributed by atoms with Crippen LogP contribution in [0.25, 0.3) is 0 Å². The van der Waals surface area contributed by atoms with Crippen LogP contribution in [0.3, 0.4) is 0 Å². The average Bonchev–Trinajstić information content (AvgIpc) is 3.67. The lowest BCUT2D eigenvalue weighted by atomic mass is 9.97. The first-order chi connectivity index (χ1) is 17.2. The van der Waals surface area contributed by atoms with Gasteiger partial charge in [0.2, 0.25) is 0 Å². The van der Waals surface area contributed by atoms with Gasteiger partial charge in [-0.15, -0.1) is 0 Å². The van der Waals surface area contributed by atoms with Crippen molar-refractivity contribution < 1.29 is 14.3 Å². The number of hydrogen-bond acceptors (Lipinski definition) is 4. The second-order valence-electron chi connectivity index (χ2n) is 10.6. The van der Waals surface area contributed by atoms with E-state index in [0.717, 1.165) is 81.3 Å². The van der Waals surface area contributed by atoms with Gasteiger partial charge in [-0.25, -0.2) is 0 Å². The number of fused-ring (bicyclic) bond motifs is 1. The van der Waals surface area contributed by atoms with E-state index in [1.165, 1.54) is 25.7 Å². The minimum atomic E-state index is 0.0968. The molecular weight excluding hydrogens is 438 g/mol. The van der Waals surface area contributed by atoms with Crippen LogP contribution in [0, 0.1) is 0 Å². The first kappa shape index (κ1) is 22.6. The second-order valence-corrected chi connectivity index (χ2v) is 10.6. The molecule has 184 valence electrons. The van der Waals surface area contributed by atoms with E-state index in [1.54, 1.807) is 0 Å². The topological polar surface area (TPSA) is 53.1 Å². The lowest BCUT2D eigenvalue weighted by molar-refractivity contribution is 0.0658. The highest BCUT2D eigenvalue weighted by molar-refractivity contribution is 5.97. The van der Waals surface area contributed by atoms with Crippen molar-refractivity contribution in [2.45, 2.75) is 63.5 Å². The predicted octanol–water partition coefficient (Wildman–Crippen LogP) is 4.73. The maximum atomic E-state index is 13.3. The molecule has 35 heavy (non-hydrogen) atoms. The average molecular weight is 474 g/mol. The zero-order valence-electron chi connectivity index (χ0n) is 20.5. The first-order valence-corrected chi connectivity index (χ1v) is 13.4. The Morgan fingerprint density at radius 1 is 0.800 bits per heavy atom. The molecule has 0 N–H and O–H groups in total. The molecule has 0 radical (unpaired) electrons. The number of amides is 2. The molecule has 6 rings (SSSR count). The lowest BCUT2D eigenvalue weighted by Crippen LogP contribution is -2.46. The summed E-state index contributed by atoms with van der Waals surface area (Å²) in [4.78, 5) is 32.6. The highest BCUT2D eigenvalue weighted by Gasteiger charge is 2.37. The number of rotatable bonds is 5. The Kier molecular flexibility index (Phi) is 6.23. The van der Waals surface area contributed by atoms with Crippen LogP contribution >= 0.6 is 0 Å². The van der Waals surface area contributed by atoms with Gasteiger partial charge in [-0.3, -0.25) is 14.5 Å². The van der Waals surface area contributed by atoms with Crippen LogP contribution in [-0.4, -0.2) is 71.3 Å². The summed E-state index contributed by atoms with van der Waals surface area (Å²) < 4.78 is 6.08. The fourth-order valence-corrected chi connectivity index (χ4v) is 6.42. The van der Waals surface area contributed by atoms with Gasteiger partial charge in [0.25, 0.3) is 11.8 Å². The van der Waals surface area contributed by atoms with E-state index in [-0.39, 0.29) is 11.8 Å². The number of likely N-dealkylation sites (tertiary alicyclic amines) is 2. The van der Waals surface area contributed by atoms with Crippen LogP contribution in [0.1, 0.15) is 71.2 Å². The van der Waals surface area contributed by atoms with Crippen molar-refractivity contribution in [1.82, 2.24) is 14.7 Å². The Bertz CT molecular complexity index is 1090. The highest BCUT2D eigenvalue weighted by Crippen LogP contribution is 2.32. The normalized spacial score (nSPS) is 23.2. The Morgan fingerprint density at radius 3 is 2.31 bits per heavy atom. The summed E-state index contributed by atoms with van der Waals surface area (Å²) in [6.45, 7) is 4.64. The molecule has 6 heteroatoms. The van der Waals surface area contributed by atoms with Gasteiger partial charge in [0.15, 0.2) is 0 Å². The van der Waals surface area contributed by atoms with E-state index in [4.69, 9.17) is 4.74 Å². The monoisotopic (exact) mass is 473 g/mol. The molecule has 3 heterocycles. The van der Waals surface area contributed by atoms with Gasteiger partial charge in [0.1, 0.15) is 11.5 Å². The molecular formula is C29H35N3O3. The van der Waals surface area contributed by atoms with Gasteiger partial charge in [0.05, 0.1) is 0 Å². The van der Waals surface area contributed by atoms with E-state index in [1.807, 2.05) is 47.4 Å². The summed E-state index contributed by atoms with van der Waals surface area (Å²) in [6.07, 6.45) is 9.49. The van der Waals surface area contributed by atoms with E-state index in [0.29, 0.717) is 17.4 Å². The molecule has 0 unspecified atom stereocenters. The SMILES string of the molecule is O=C(c1ccc(Oc2ccc3c(c2)CCN([C@H]2CCN(C4CCCC4)C2)C3=O)cc1)N1CCCC1. The number of nitrogens with zero attached hydrogens (tertiary/aromatic N) is 3. The molecule has 2 aromatic carbocycles. The first-order valence-electron chi connectivity index (χ1n) is 13.4. The summed E-state index contributed by atoms with van der Waals surface area (Å²) >= 11 is 0. The van der Waals surface area contributed by atoms with Crippen LogP contribution < -0.4 is 4.74 Å². The van der Waals surface area contributed by atoms with Crippen molar-refractivity contribution in [1.29, 1.82) is 0 Å². The van der Waals surface area contributed by atoms with Crippen LogP contribution in [0.4, 0.5) is 0 Å². The summed E-state index contributed by atoms with van der Waals surface area (Å²) in [5, 5.41) is 0. The smallest absolute Gasteiger partial charge is 0.254 e. The summed E-state index contributed by atoms with van der Waals surface area (Å²) in [5.41, 5.74) is 2.58. The highest BCUT2D eigenvalue weighted by atomic mass is 16.5. The van der Waals surface area contributed by atoms with Crippen molar-refractivity contribution in [3.63, 3.8) is 0 Å². The molecule has 2 aromatic rings. The zero-order chi connectivity index (χ0) is 23.8. The Labute approximate surface area is 207 Å². The molecule has 0 aromatic heterocycles. The third kappa shape index (κ3) is 4.56. The number of hydrogen-bond donors (Lipinski definition) is 0. The molecule has 3 fully saturated rings. The van der Waals surface area contributed by atoms with Crippen molar-refractivity contribution in [2.75, 3.05) is 32.7 Å². The zero-order valence-corrected chi connectivity index (χ0v) is 20.5. The number of benzene rings is 2. The van der Waals surface area contributed by atoms with Crippen LogP contribution in [0.2, 0.25) is 0 Å². The fraction of sp³-hybridized carbons (Fsp3) is 0.517. The largest absolute Gasteiger partial charge is 0.457 e. The van der Waals surface area contributed by atoms with Crippen molar-refractivity contribution in [3.8, 4) is 11.5 Å². The van der Waals surface area contributed by atoms with Gasteiger partial charge >= 0.3 is 0 Å². The van der Waals surface area contributed by atoms with E-state index < -0.39 is 0 Å². The minimum absolute atomic E-state index is 0.0968. The van der Waals surface area contributed by atoms with Crippen LogP contribution in [0.15, 0.2) is 42.5 Å². The lowest BCUT2D eigenvalue weighted by Gasteiger charge is -2.34. The fourth-order valence-electron chi connectivity index (χ4n) is 6.42. The summed E-state index contributed by atoms with van der Waals surface area (Å²) in [5.74, 6) is 1.70. The Balaban J connectivity index is 1.09. The van der Waals surface area contributed by atoms with Crippen molar-refractivity contribution in [2.24, 2.45) is 0 Å². The Hall–Kier alpha value is -2.86. The van der Waals surface area contributed by atoms with Crippen LogP contribution in [0.5, 0.6) is 11.5 Å². The molecule has 2 saturated heterocycles. The third-order valence-corrected chi connectivity index (χ3v) is 8.40.